The maximum atomic E-state index is 13.0. The summed E-state index contributed by atoms with van der Waals surface area (Å²) in [6.45, 7) is 11.7. The number of rotatable bonds is 2. The summed E-state index contributed by atoms with van der Waals surface area (Å²) in [5.41, 5.74) is 1.26. The highest BCUT2D eigenvalue weighted by Crippen LogP contribution is 2.57. The first-order chi connectivity index (χ1) is 13.3. The van der Waals surface area contributed by atoms with E-state index in [0.717, 1.165) is 24.1 Å². The Morgan fingerprint density at radius 1 is 1.31 bits per heavy atom. The predicted octanol–water partition coefficient (Wildman–Crippen LogP) is 4.12. The first kappa shape index (κ1) is 21.4. The fraction of sp³-hybridized carbons (Fsp3) is 0.682. The number of ether oxygens (including phenoxy) is 2. The van der Waals surface area contributed by atoms with Gasteiger partial charge in [-0.1, -0.05) is 20.8 Å². The van der Waals surface area contributed by atoms with Crippen LogP contribution in [-0.4, -0.2) is 34.4 Å². The Kier molecular flexibility index (Phi) is 5.08. The number of aryl methyl sites for hydroxylation is 1. The van der Waals surface area contributed by atoms with Crippen LogP contribution in [0.5, 0.6) is 0 Å². The van der Waals surface area contributed by atoms with Crippen LogP contribution in [0, 0.1) is 11.3 Å². The molecule has 3 rings (SSSR count). The van der Waals surface area contributed by atoms with Crippen LogP contribution in [0.1, 0.15) is 65.6 Å². The quantitative estimate of drug-likeness (QED) is 0.593. The minimum Gasteiger partial charge on any atom is -0.504 e. The molecule has 7 nitrogen and oxygen atoms in total. The molecule has 1 heterocycles. The fourth-order valence-corrected chi connectivity index (χ4v) is 5.24. The van der Waals surface area contributed by atoms with E-state index in [1.807, 2.05) is 41.7 Å². The van der Waals surface area contributed by atoms with E-state index >= 15 is 0 Å². The fourth-order valence-electron chi connectivity index (χ4n) is 5.24. The Bertz CT molecular complexity index is 875. The largest absolute Gasteiger partial charge is 0.504 e. The van der Waals surface area contributed by atoms with Crippen LogP contribution in [0.2, 0.25) is 0 Å². The summed E-state index contributed by atoms with van der Waals surface area (Å²) in [4.78, 5) is 25.4. The van der Waals surface area contributed by atoms with Crippen LogP contribution in [0.3, 0.4) is 0 Å². The summed E-state index contributed by atoms with van der Waals surface area (Å²) in [5.74, 6) is 0.975. The molecule has 7 heteroatoms. The van der Waals surface area contributed by atoms with Crippen molar-refractivity contribution < 1.29 is 19.1 Å². The molecule has 1 aromatic rings. The van der Waals surface area contributed by atoms with Gasteiger partial charge >= 0.3 is 6.09 Å². The second-order valence-electron chi connectivity index (χ2n) is 10.0. The third-order valence-electron chi connectivity index (χ3n) is 6.32. The molecule has 29 heavy (non-hydrogen) atoms. The monoisotopic (exact) mass is 403 g/mol. The van der Waals surface area contributed by atoms with Crippen LogP contribution >= 0.6 is 0 Å². The molecule has 0 saturated heterocycles. The molecule has 1 N–H and O–H groups in total. The summed E-state index contributed by atoms with van der Waals surface area (Å²) in [7, 11) is 3.39. The van der Waals surface area contributed by atoms with Crippen LogP contribution in [0.25, 0.3) is 0 Å². The number of ketones is 1. The number of allylic oxidation sites excluding steroid dienone is 1. The number of nitrogens with one attached hydrogen (secondary N) is 1. The third-order valence-corrected chi connectivity index (χ3v) is 6.32. The number of amides is 1. The van der Waals surface area contributed by atoms with Gasteiger partial charge < -0.3 is 9.47 Å². The van der Waals surface area contributed by atoms with Crippen molar-refractivity contribution in [3.8, 4) is 0 Å². The highest BCUT2D eigenvalue weighted by Gasteiger charge is 2.57. The summed E-state index contributed by atoms with van der Waals surface area (Å²) in [6, 6.07) is 0. The van der Waals surface area contributed by atoms with Crippen molar-refractivity contribution in [3.63, 3.8) is 0 Å². The van der Waals surface area contributed by atoms with Crippen LogP contribution in [0.15, 0.2) is 11.8 Å². The molecule has 1 amide bonds. The first-order valence-corrected chi connectivity index (χ1v) is 10.1. The van der Waals surface area contributed by atoms with Gasteiger partial charge in [-0.15, -0.1) is 0 Å². The average Bonchev–Trinajstić information content (AvgIpc) is 2.88. The summed E-state index contributed by atoms with van der Waals surface area (Å²) in [6.07, 6.45) is 3.27. The molecule has 0 aliphatic heterocycles. The zero-order valence-corrected chi connectivity index (χ0v) is 18.8. The molecule has 160 valence electrons. The van der Waals surface area contributed by atoms with Gasteiger partial charge in [-0.3, -0.25) is 14.8 Å². The smallest absolute Gasteiger partial charge is 0.413 e. The van der Waals surface area contributed by atoms with E-state index in [2.05, 4.69) is 12.2 Å². The first-order valence-electron chi connectivity index (χ1n) is 10.1. The van der Waals surface area contributed by atoms with Gasteiger partial charge in [0, 0.05) is 29.0 Å². The predicted molar refractivity (Wildman–Crippen MR) is 111 cm³/mol. The Balaban J connectivity index is 2.03. The van der Waals surface area contributed by atoms with E-state index in [4.69, 9.17) is 14.6 Å². The van der Waals surface area contributed by atoms with Crippen LogP contribution in [-0.2, 0) is 33.2 Å². The lowest BCUT2D eigenvalue weighted by molar-refractivity contribution is -0.131. The van der Waals surface area contributed by atoms with E-state index < -0.39 is 17.1 Å². The SMILES string of the molecule is CO/C=C1/C[C@]2(C)c3nn(C)c(NC(=O)OC(C)(C)C)c3CC[C@H]2C(C)(C)C1=O. The van der Waals surface area contributed by atoms with E-state index in [1.54, 1.807) is 18.1 Å². The summed E-state index contributed by atoms with van der Waals surface area (Å²) < 4.78 is 12.3. The second kappa shape index (κ2) is 6.89. The van der Waals surface area contributed by atoms with Gasteiger partial charge in [0.05, 0.1) is 19.1 Å². The maximum absolute atomic E-state index is 13.0. The van der Waals surface area contributed by atoms with Crippen molar-refractivity contribution in [1.29, 1.82) is 0 Å². The molecule has 2 aliphatic rings. The molecule has 1 saturated carbocycles. The lowest BCUT2D eigenvalue weighted by Gasteiger charge is -2.52. The van der Waals surface area contributed by atoms with Crippen molar-refractivity contribution in [2.45, 2.75) is 71.8 Å². The molecule has 1 fully saturated rings. The van der Waals surface area contributed by atoms with Crippen molar-refractivity contribution in [3.05, 3.63) is 23.1 Å². The Morgan fingerprint density at radius 2 is 1.97 bits per heavy atom. The zero-order chi connectivity index (χ0) is 21.8. The molecule has 1 aromatic heterocycles. The number of Topliss-reactive ketones (excluding diaryl/α,β-unsaturated/α-hetero) is 1. The molecule has 2 atom stereocenters. The van der Waals surface area contributed by atoms with E-state index in [9.17, 15) is 9.59 Å². The highest BCUT2D eigenvalue weighted by molar-refractivity contribution is 6.01. The lowest BCUT2D eigenvalue weighted by Crippen LogP contribution is -2.53. The van der Waals surface area contributed by atoms with Gasteiger partial charge in [0.15, 0.2) is 5.78 Å². The Morgan fingerprint density at radius 3 is 2.55 bits per heavy atom. The van der Waals surface area contributed by atoms with Gasteiger partial charge in [-0.05, 0) is 46.0 Å². The number of nitrogens with zero attached hydrogens (tertiary/aromatic N) is 2. The Labute approximate surface area is 172 Å². The minimum absolute atomic E-state index is 0.147. The van der Waals surface area contributed by atoms with Crippen molar-refractivity contribution in [2.75, 3.05) is 12.4 Å². The maximum Gasteiger partial charge on any atom is 0.413 e. The van der Waals surface area contributed by atoms with Crippen LogP contribution in [0.4, 0.5) is 10.6 Å². The van der Waals surface area contributed by atoms with Gasteiger partial charge in [-0.25, -0.2) is 4.79 Å². The molecular weight excluding hydrogens is 370 g/mol. The van der Waals surface area contributed by atoms with Crippen LogP contribution < -0.4 is 5.32 Å². The topological polar surface area (TPSA) is 82.4 Å². The standard InChI is InChI=1S/C22H33N3O4/c1-20(2,3)29-19(27)23-18-14-9-10-15-21(4,5)17(26)13(12-28-8)11-22(15,6)16(14)24-25(18)7/h12,15H,9-11H2,1-8H3,(H,23,27)/b13-12-/t15-,22-/m0/s1. The minimum atomic E-state index is -0.576. The van der Waals surface area contributed by atoms with Gasteiger partial charge in [-0.2, -0.15) is 5.10 Å². The Hall–Kier alpha value is -2.31. The molecule has 0 radical (unpaired) electrons. The summed E-state index contributed by atoms with van der Waals surface area (Å²) >= 11 is 0. The average molecular weight is 404 g/mol. The molecule has 0 aromatic carbocycles. The number of carbonyl (C=O) groups excluding carboxylic acids is 2. The molecule has 2 aliphatic carbocycles. The molecule has 0 spiro atoms. The van der Waals surface area contributed by atoms with Crippen molar-refractivity contribution in [2.24, 2.45) is 18.4 Å². The van der Waals surface area contributed by atoms with Gasteiger partial charge in [0.1, 0.15) is 11.4 Å². The normalized spacial score (nSPS) is 27.2. The summed E-state index contributed by atoms with van der Waals surface area (Å²) in [5, 5.41) is 7.70. The number of fused-ring (bicyclic) bond motifs is 3. The number of hydrogen-bond donors (Lipinski definition) is 1. The molecule has 0 bridgehead atoms. The van der Waals surface area contributed by atoms with E-state index in [0.29, 0.717) is 17.8 Å². The number of aromatic nitrogens is 2. The number of methoxy groups -OCH3 is 1. The third kappa shape index (κ3) is 3.55. The van der Waals surface area contributed by atoms with Gasteiger partial charge in [0.25, 0.3) is 0 Å². The van der Waals surface area contributed by atoms with E-state index in [-0.39, 0.29) is 17.1 Å². The molecule has 0 unspecified atom stereocenters. The zero-order valence-electron chi connectivity index (χ0n) is 18.8. The number of hydrogen-bond acceptors (Lipinski definition) is 5. The highest BCUT2D eigenvalue weighted by atomic mass is 16.6. The number of anilines is 1. The van der Waals surface area contributed by atoms with Crippen molar-refractivity contribution in [1.82, 2.24) is 9.78 Å². The molecular formula is C22H33N3O4. The van der Waals surface area contributed by atoms with Crippen molar-refractivity contribution >= 4 is 17.7 Å². The lowest BCUT2D eigenvalue weighted by atomic mass is 9.50. The van der Waals surface area contributed by atoms with Gasteiger partial charge in [0.2, 0.25) is 0 Å². The van der Waals surface area contributed by atoms with E-state index in [1.165, 1.54) is 0 Å². The second-order valence-corrected chi connectivity index (χ2v) is 10.0. The number of carbonyl (C=O) groups is 2.